The van der Waals surface area contributed by atoms with Crippen LogP contribution in [0.3, 0.4) is 0 Å². The van der Waals surface area contributed by atoms with Crippen molar-refractivity contribution in [3.8, 4) is 0 Å². The van der Waals surface area contributed by atoms with Crippen molar-refractivity contribution in [2.75, 3.05) is 4.31 Å². The molecule has 1 unspecified atom stereocenters. The fraction of sp³-hybridized carbons (Fsp3) is 0.176. The number of benzene rings is 2. The summed E-state index contributed by atoms with van der Waals surface area (Å²) < 4.78 is 1.23. The number of thiol groups is 1. The van der Waals surface area contributed by atoms with Gasteiger partial charge in [0.15, 0.2) is 0 Å². The largest absolute Gasteiger partial charge is 0.366 e. The van der Waals surface area contributed by atoms with Gasteiger partial charge in [-0.3, -0.25) is 4.79 Å². The van der Waals surface area contributed by atoms with E-state index in [-0.39, 0.29) is 12.1 Å². The smallest absolute Gasteiger partial charge is 0.332 e. The summed E-state index contributed by atoms with van der Waals surface area (Å²) in [7, 11) is 0. The van der Waals surface area contributed by atoms with Gasteiger partial charge in [-0.25, -0.2) is 9.10 Å². The SMILES string of the molecule is NC(=O)c1ccc(N(S)C(=O)NC2CCc3ccccc32)cc1. The number of nitrogens with two attached hydrogens (primary N) is 1. The summed E-state index contributed by atoms with van der Waals surface area (Å²) in [5.41, 5.74) is 8.60. The fourth-order valence-electron chi connectivity index (χ4n) is 2.80. The molecule has 118 valence electrons. The maximum atomic E-state index is 12.4. The Balaban J connectivity index is 1.70. The summed E-state index contributed by atoms with van der Waals surface area (Å²) in [5.74, 6) is -0.505. The lowest BCUT2D eigenvalue weighted by Gasteiger charge is -2.20. The van der Waals surface area contributed by atoms with Crippen LogP contribution in [0.4, 0.5) is 10.5 Å². The maximum Gasteiger partial charge on any atom is 0.332 e. The third-order valence-corrected chi connectivity index (χ3v) is 4.43. The monoisotopic (exact) mass is 327 g/mol. The molecular weight excluding hydrogens is 310 g/mol. The Morgan fingerprint density at radius 3 is 2.52 bits per heavy atom. The Bertz CT molecular complexity index is 746. The average molecular weight is 327 g/mol. The molecule has 3 N–H and O–H groups in total. The summed E-state index contributed by atoms with van der Waals surface area (Å²) in [6.07, 6.45) is 1.84. The molecule has 0 saturated carbocycles. The number of primary amides is 1. The normalized spacial score (nSPS) is 15.8. The van der Waals surface area contributed by atoms with Crippen LogP contribution < -0.4 is 15.4 Å². The Hall–Kier alpha value is -2.47. The van der Waals surface area contributed by atoms with E-state index in [1.165, 1.54) is 9.87 Å². The van der Waals surface area contributed by atoms with Crippen LogP contribution in [0.2, 0.25) is 0 Å². The van der Waals surface area contributed by atoms with Gasteiger partial charge in [0.25, 0.3) is 0 Å². The number of hydrogen-bond acceptors (Lipinski definition) is 3. The van der Waals surface area contributed by atoms with E-state index in [0.29, 0.717) is 11.3 Å². The number of amides is 3. The number of rotatable bonds is 3. The lowest BCUT2D eigenvalue weighted by Crippen LogP contribution is -2.36. The molecule has 23 heavy (non-hydrogen) atoms. The quantitative estimate of drug-likeness (QED) is 0.758. The molecule has 1 aliphatic rings. The van der Waals surface area contributed by atoms with E-state index in [9.17, 15) is 9.59 Å². The second-order valence-corrected chi connectivity index (χ2v) is 5.86. The molecule has 5 nitrogen and oxygen atoms in total. The lowest BCUT2D eigenvalue weighted by molar-refractivity contribution is 0.100. The predicted octanol–water partition coefficient (Wildman–Crippen LogP) is 2.83. The highest BCUT2D eigenvalue weighted by Crippen LogP contribution is 2.31. The van der Waals surface area contributed by atoms with Crippen molar-refractivity contribution < 1.29 is 9.59 Å². The fourth-order valence-corrected chi connectivity index (χ4v) is 2.99. The van der Waals surface area contributed by atoms with Gasteiger partial charge >= 0.3 is 6.03 Å². The van der Waals surface area contributed by atoms with Gasteiger partial charge in [-0.05, 0) is 48.2 Å². The van der Waals surface area contributed by atoms with Crippen molar-refractivity contribution in [1.29, 1.82) is 0 Å². The number of urea groups is 1. The first kappa shape index (κ1) is 15.4. The van der Waals surface area contributed by atoms with Crippen LogP contribution in [0.15, 0.2) is 48.5 Å². The van der Waals surface area contributed by atoms with E-state index in [1.54, 1.807) is 24.3 Å². The minimum Gasteiger partial charge on any atom is -0.366 e. The van der Waals surface area contributed by atoms with Gasteiger partial charge in [0.1, 0.15) is 0 Å². The highest BCUT2D eigenvalue weighted by molar-refractivity contribution is 7.82. The first-order chi connectivity index (χ1) is 11.1. The zero-order valence-electron chi connectivity index (χ0n) is 12.4. The molecular formula is C17H17N3O2S. The summed E-state index contributed by atoms with van der Waals surface area (Å²) in [5, 5.41) is 2.99. The van der Waals surface area contributed by atoms with Crippen molar-refractivity contribution in [3.05, 3.63) is 65.2 Å². The molecule has 0 aliphatic heterocycles. The first-order valence-corrected chi connectivity index (χ1v) is 7.73. The minimum absolute atomic E-state index is 0.00163. The topological polar surface area (TPSA) is 75.4 Å². The van der Waals surface area contributed by atoms with Gasteiger partial charge in [0.2, 0.25) is 5.91 Å². The van der Waals surface area contributed by atoms with Crippen LogP contribution in [0.5, 0.6) is 0 Å². The van der Waals surface area contributed by atoms with Crippen LogP contribution in [0, 0.1) is 0 Å². The van der Waals surface area contributed by atoms with Crippen molar-refractivity contribution in [2.45, 2.75) is 18.9 Å². The first-order valence-electron chi connectivity index (χ1n) is 7.33. The standard InChI is InChI=1S/C17H17N3O2S/c18-16(21)12-5-8-13(9-6-12)20(23)17(22)19-15-10-7-11-3-1-2-4-14(11)15/h1-6,8-9,15,23H,7,10H2,(H2,18,21)(H,19,22). The molecule has 3 rings (SSSR count). The second-order valence-electron chi connectivity index (χ2n) is 5.46. The highest BCUT2D eigenvalue weighted by Gasteiger charge is 2.25. The summed E-state index contributed by atoms with van der Waals surface area (Å²) in [4.78, 5) is 23.4. The molecule has 0 saturated heterocycles. The van der Waals surface area contributed by atoms with Gasteiger partial charge in [-0.15, -0.1) is 0 Å². The number of carbonyl (C=O) groups is 2. The van der Waals surface area contributed by atoms with Crippen LogP contribution in [0.25, 0.3) is 0 Å². The van der Waals surface area contributed by atoms with Crippen molar-refractivity contribution >= 4 is 30.4 Å². The van der Waals surface area contributed by atoms with Gasteiger partial charge < -0.3 is 11.1 Å². The van der Waals surface area contributed by atoms with Gasteiger partial charge in [0, 0.05) is 5.56 Å². The second kappa shape index (κ2) is 6.34. The molecule has 3 amide bonds. The third-order valence-electron chi connectivity index (χ3n) is 4.02. The molecule has 0 radical (unpaired) electrons. The number of anilines is 1. The van der Waals surface area contributed by atoms with Crippen molar-refractivity contribution in [1.82, 2.24) is 5.32 Å². The van der Waals surface area contributed by atoms with Gasteiger partial charge in [-0.2, -0.15) is 0 Å². The Morgan fingerprint density at radius 2 is 1.83 bits per heavy atom. The predicted molar refractivity (Wildman–Crippen MR) is 92.5 cm³/mol. The molecule has 0 bridgehead atoms. The number of hydrogen-bond donors (Lipinski definition) is 3. The van der Waals surface area contributed by atoms with Crippen LogP contribution >= 0.6 is 12.8 Å². The van der Waals surface area contributed by atoms with E-state index in [4.69, 9.17) is 5.73 Å². The molecule has 2 aromatic carbocycles. The molecule has 0 spiro atoms. The molecule has 0 heterocycles. The number of aryl methyl sites for hydroxylation is 1. The van der Waals surface area contributed by atoms with Crippen molar-refractivity contribution in [3.63, 3.8) is 0 Å². The Morgan fingerprint density at radius 1 is 1.13 bits per heavy atom. The Kier molecular flexibility index (Phi) is 4.25. The summed E-state index contributed by atoms with van der Waals surface area (Å²) in [6.45, 7) is 0. The van der Waals surface area contributed by atoms with Gasteiger partial charge in [-0.1, -0.05) is 37.1 Å². The minimum atomic E-state index is -0.505. The van der Waals surface area contributed by atoms with Crippen LogP contribution in [0.1, 0.15) is 33.9 Å². The molecule has 1 atom stereocenters. The lowest BCUT2D eigenvalue weighted by atomic mass is 10.1. The average Bonchev–Trinajstić information content (AvgIpc) is 2.97. The summed E-state index contributed by atoms with van der Waals surface area (Å²) >= 11 is 4.25. The number of fused-ring (bicyclic) bond motifs is 1. The molecule has 6 heteroatoms. The van der Waals surface area contributed by atoms with Crippen LogP contribution in [-0.4, -0.2) is 11.9 Å². The van der Waals surface area contributed by atoms with E-state index < -0.39 is 5.91 Å². The zero-order valence-corrected chi connectivity index (χ0v) is 13.3. The van der Waals surface area contributed by atoms with E-state index in [2.05, 4.69) is 24.2 Å². The van der Waals surface area contributed by atoms with Crippen molar-refractivity contribution in [2.24, 2.45) is 5.73 Å². The summed E-state index contributed by atoms with van der Waals surface area (Å²) in [6, 6.07) is 14.2. The molecule has 0 aromatic heterocycles. The van der Waals surface area contributed by atoms with E-state index in [0.717, 1.165) is 18.4 Å². The molecule has 2 aromatic rings. The maximum absolute atomic E-state index is 12.4. The highest BCUT2D eigenvalue weighted by atomic mass is 32.1. The third kappa shape index (κ3) is 3.17. The van der Waals surface area contributed by atoms with E-state index in [1.807, 2.05) is 18.2 Å². The zero-order chi connectivity index (χ0) is 16.4. The van der Waals surface area contributed by atoms with E-state index >= 15 is 0 Å². The number of nitrogens with one attached hydrogen (secondary N) is 1. The molecule has 0 fully saturated rings. The van der Waals surface area contributed by atoms with Gasteiger partial charge in [0.05, 0.1) is 11.7 Å². The van der Waals surface area contributed by atoms with Crippen LogP contribution in [-0.2, 0) is 6.42 Å². The Labute approximate surface area is 140 Å². The number of carbonyl (C=O) groups excluding carboxylic acids is 2. The number of nitrogens with zero attached hydrogens (tertiary/aromatic N) is 1. The molecule has 1 aliphatic carbocycles.